The van der Waals surface area contributed by atoms with E-state index in [1.165, 1.54) is 18.9 Å². The van der Waals surface area contributed by atoms with Gasteiger partial charge in [-0.1, -0.05) is 18.2 Å². The van der Waals surface area contributed by atoms with Gasteiger partial charge in [0.05, 0.1) is 0 Å². The van der Waals surface area contributed by atoms with Crippen molar-refractivity contribution in [2.75, 3.05) is 13.1 Å². The molecular weight excluding hydrogens is 165 g/mol. The topological polar surface area (TPSA) is 3.24 Å². The predicted molar refractivity (Wildman–Crippen MR) is 50.9 cm³/mol. The highest BCUT2D eigenvalue weighted by molar-refractivity contribution is 5.17. The molecule has 0 N–H and O–H groups in total. The lowest BCUT2D eigenvalue weighted by Gasteiger charge is -2.14. The van der Waals surface area contributed by atoms with E-state index >= 15 is 0 Å². The van der Waals surface area contributed by atoms with Gasteiger partial charge in [0.1, 0.15) is 5.82 Å². The molecule has 2 heteroatoms. The first-order chi connectivity index (χ1) is 6.36. The highest BCUT2D eigenvalue weighted by Gasteiger charge is 2.12. The summed E-state index contributed by atoms with van der Waals surface area (Å²) in [4.78, 5) is 2.30. The molecule has 0 aromatic heterocycles. The van der Waals surface area contributed by atoms with Crippen molar-refractivity contribution >= 4 is 0 Å². The summed E-state index contributed by atoms with van der Waals surface area (Å²) in [5, 5.41) is 0. The fourth-order valence-corrected chi connectivity index (χ4v) is 1.81. The highest BCUT2D eigenvalue weighted by Crippen LogP contribution is 2.14. The first-order valence-corrected chi connectivity index (χ1v) is 4.82. The molecule has 1 aromatic rings. The Bertz CT molecular complexity index is 279. The van der Waals surface area contributed by atoms with Gasteiger partial charge in [0.2, 0.25) is 0 Å². The lowest BCUT2D eigenvalue weighted by atomic mass is 10.2. The van der Waals surface area contributed by atoms with Crippen LogP contribution in [0.5, 0.6) is 0 Å². The lowest BCUT2D eigenvalue weighted by molar-refractivity contribution is 0.325. The molecule has 0 unspecified atom stereocenters. The van der Waals surface area contributed by atoms with Gasteiger partial charge in [-0.2, -0.15) is 0 Å². The molecule has 1 aliphatic heterocycles. The molecule has 0 radical (unpaired) electrons. The van der Waals surface area contributed by atoms with Gasteiger partial charge in [-0.25, -0.2) is 4.39 Å². The van der Waals surface area contributed by atoms with Crippen molar-refractivity contribution in [1.82, 2.24) is 4.90 Å². The first kappa shape index (κ1) is 8.70. The number of hydrogen-bond acceptors (Lipinski definition) is 1. The quantitative estimate of drug-likeness (QED) is 0.674. The Kier molecular flexibility index (Phi) is 2.60. The van der Waals surface area contributed by atoms with Crippen LogP contribution >= 0.6 is 0 Å². The maximum absolute atomic E-state index is 13.2. The minimum atomic E-state index is -0.0746. The molecule has 0 amide bonds. The van der Waals surface area contributed by atoms with E-state index in [0.717, 1.165) is 25.2 Å². The SMILES string of the molecule is Fc1ccccc1CN1CCCC1. The fraction of sp³-hybridized carbons (Fsp3) is 0.455. The number of halogens is 1. The van der Waals surface area contributed by atoms with E-state index in [4.69, 9.17) is 0 Å². The molecule has 0 aliphatic carbocycles. The van der Waals surface area contributed by atoms with Crippen molar-refractivity contribution in [3.63, 3.8) is 0 Å². The van der Waals surface area contributed by atoms with Gasteiger partial charge in [-0.05, 0) is 32.0 Å². The normalized spacial score (nSPS) is 17.9. The zero-order valence-corrected chi connectivity index (χ0v) is 7.67. The summed E-state index contributed by atoms with van der Waals surface area (Å²) < 4.78 is 13.2. The van der Waals surface area contributed by atoms with Crippen LogP contribution in [0.2, 0.25) is 0 Å². The minimum absolute atomic E-state index is 0.0746. The van der Waals surface area contributed by atoms with Crippen LogP contribution in [0.25, 0.3) is 0 Å². The molecule has 0 spiro atoms. The van der Waals surface area contributed by atoms with Crippen molar-refractivity contribution < 1.29 is 4.39 Å². The van der Waals surface area contributed by atoms with Gasteiger partial charge in [0, 0.05) is 12.1 Å². The molecule has 1 nitrogen and oxygen atoms in total. The summed E-state index contributed by atoms with van der Waals surface area (Å²) in [5.74, 6) is -0.0746. The lowest BCUT2D eigenvalue weighted by Crippen LogP contribution is -2.18. The molecule has 1 aromatic carbocycles. The maximum atomic E-state index is 13.2. The van der Waals surface area contributed by atoms with Crippen molar-refractivity contribution in [3.8, 4) is 0 Å². The van der Waals surface area contributed by atoms with Crippen LogP contribution in [0.4, 0.5) is 4.39 Å². The minimum Gasteiger partial charge on any atom is -0.299 e. The Morgan fingerprint density at radius 3 is 2.54 bits per heavy atom. The molecule has 70 valence electrons. The fourth-order valence-electron chi connectivity index (χ4n) is 1.81. The summed E-state index contributed by atoms with van der Waals surface area (Å²) in [5.41, 5.74) is 0.824. The molecule has 1 fully saturated rings. The van der Waals surface area contributed by atoms with E-state index in [-0.39, 0.29) is 5.82 Å². The Hall–Kier alpha value is -0.890. The van der Waals surface area contributed by atoms with Gasteiger partial charge in [-0.3, -0.25) is 4.90 Å². The zero-order chi connectivity index (χ0) is 9.10. The van der Waals surface area contributed by atoms with E-state index in [0.29, 0.717) is 0 Å². The third kappa shape index (κ3) is 2.07. The van der Waals surface area contributed by atoms with Crippen molar-refractivity contribution in [3.05, 3.63) is 35.6 Å². The summed E-state index contributed by atoms with van der Waals surface area (Å²) in [6, 6.07) is 7.04. The average Bonchev–Trinajstić information content (AvgIpc) is 2.61. The van der Waals surface area contributed by atoms with Crippen LogP contribution in [0.3, 0.4) is 0 Å². The second-order valence-electron chi connectivity index (χ2n) is 3.57. The summed E-state index contributed by atoms with van der Waals surface area (Å²) in [7, 11) is 0. The van der Waals surface area contributed by atoms with Gasteiger partial charge in [0.15, 0.2) is 0 Å². The smallest absolute Gasteiger partial charge is 0.127 e. The summed E-state index contributed by atoms with van der Waals surface area (Å²) in [6.45, 7) is 3.01. The Morgan fingerprint density at radius 2 is 1.85 bits per heavy atom. The molecule has 13 heavy (non-hydrogen) atoms. The number of likely N-dealkylation sites (tertiary alicyclic amines) is 1. The second-order valence-corrected chi connectivity index (χ2v) is 3.57. The van der Waals surface area contributed by atoms with Crippen LogP contribution in [0.1, 0.15) is 18.4 Å². The molecule has 1 saturated heterocycles. The predicted octanol–water partition coefficient (Wildman–Crippen LogP) is 2.42. The van der Waals surface area contributed by atoms with E-state index < -0.39 is 0 Å². The van der Waals surface area contributed by atoms with Gasteiger partial charge >= 0.3 is 0 Å². The van der Waals surface area contributed by atoms with Crippen LogP contribution < -0.4 is 0 Å². The summed E-state index contributed by atoms with van der Waals surface area (Å²) in [6.07, 6.45) is 2.52. The van der Waals surface area contributed by atoms with Crippen LogP contribution in [0.15, 0.2) is 24.3 Å². The number of benzene rings is 1. The van der Waals surface area contributed by atoms with Crippen molar-refractivity contribution in [2.24, 2.45) is 0 Å². The maximum Gasteiger partial charge on any atom is 0.127 e. The monoisotopic (exact) mass is 179 g/mol. The Morgan fingerprint density at radius 1 is 1.15 bits per heavy atom. The average molecular weight is 179 g/mol. The Balaban J connectivity index is 2.04. The van der Waals surface area contributed by atoms with Crippen LogP contribution in [-0.2, 0) is 6.54 Å². The van der Waals surface area contributed by atoms with Crippen molar-refractivity contribution in [1.29, 1.82) is 0 Å². The Labute approximate surface area is 78.2 Å². The second kappa shape index (κ2) is 3.88. The van der Waals surface area contributed by atoms with Gasteiger partial charge < -0.3 is 0 Å². The first-order valence-electron chi connectivity index (χ1n) is 4.82. The van der Waals surface area contributed by atoms with Crippen LogP contribution in [-0.4, -0.2) is 18.0 Å². The third-order valence-corrected chi connectivity index (χ3v) is 2.55. The van der Waals surface area contributed by atoms with Gasteiger partial charge in [-0.15, -0.1) is 0 Å². The molecule has 1 heterocycles. The molecule has 2 rings (SSSR count). The number of nitrogens with zero attached hydrogens (tertiary/aromatic N) is 1. The number of rotatable bonds is 2. The zero-order valence-electron chi connectivity index (χ0n) is 7.67. The molecule has 0 atom stereocenters. The van der Waals surface area contributed by atoms with E-state index in [1.807, 2.05) is 12.1 Å². The van der Waals surface area contributed by atoms with Crippen LogP contribution in [0, 0.1) is 5.82 Å². The standard InChI is InChI=1S/C11H14FN/c12-11-6-2-1-5-10(11)9-13-7-3-4-8-13/h1-2,5-6H,3-4,7-9H2. The van der Waals surface area contributed by atoms with Crippen molar-refractivity contribution in [2.45, 2.75) is 19.4 Å². The molecule has 0 saturated carbocycles. The number of hydrogen-bond donors (Lipinski definition) is 0. The molecule has 0 bridgehead atoms. The molecular formula is C11H14FN. The third-order valence-electron chi connectivity index (χ3n) is 2.55. The van der Waals surface area contributed by atoms with Gasteiger partial charge in [0.25, 0.3) is 0 Å². The summed E-state index contributed by atoms with van der Waals surface area (Å²) >= 11 is 0. The van der Waals surface area contributed by atoms with E-state index in [9.17, 15) is 4.39 Å². The molecule has 1 aliphatic rings. The largest absolute Gasteiger partial charge is 0.299 e. The van der Waals surface area contributed by atoms with E-state index in [2.05, 4.69) is 4.90 Å². The highest BCUT2D eigenvalue weighted by atomic mass is 19.1. The van der Waals surface area contributed by atoms with E-state index in [1.54, 1.807) is 6.07 Å².